The number of Topliss-reactive ketones (excluding diaryl/α,β-unsaturated/α-hetero) is 1. The molecule has 0 bridgehead atoms. The molecule has 4 amide bonds. The molecule has 238 valence electrons. The zero-order valence-electron chi connectivity index (χ0n) is 24.5. The molecule has 10 nitrogen and oxygen atoms in total. The van der Waals surface area contributed by atoms with Crippen molar-refractivity contribution in [3.05, 3.63) is 71.5 Å². The molecule has 1 aliphatic heterocycles. The Bertz CT molecular complexity index is 1330. The third kappa shape index (κ3) is 9.04. The first-order valence-corrected chi connectivity index (χ1v) is 14.5. The normalized spacial score (nSPS) is 16.7. The third-order valence-corrected chi connectivity index (χ3v) is 7.20. The van der Waals surface area contributed by atoms with E-state index < -0.39 is 65.1 Å². The lowest BCUT2D eigenvalue weighted by Crippen LogP contribution is -2.54. The van der Waals surface area contributed by atoms with Gasteiger partial charge >= 0.3 is 12.0 Å². The Morgan fingerprint density at radius 1 is 1.02 bits per heavy atom. The van der Waals surface area contributed by atoms with Crippen LogP contribution in [0.3, 0.4) is 0 Å². The summed E-state index contributed by atoms with van der Waals surface area (Å²) in [5.41, 5.74) is -0.795. The summed E-state index contributed by atoms with van der Waals surface area (Å²) in [5, 5.41) is 9.80. The van der Waals surface area contributed by atoms with Crippen LogP contribution < -0.4 is 21.3 Å². The summed E-state index contributed by atoms with van der Waals surface area (Å²) < 4.78 is 50.5. The number of benzene rings is 2. The van der Waals surface area contributed by atoms with E-state index in [1.54, 1.807) is 13.0 Å². The Kier molecular flexibility index (Phi) is 12.3. The summed E-state index contributed by atoms with van der Waals surface area (Å²) in [6.07, 6.45) is -2.19. The van der Waals surface area contributed by atoms with Gasteiger partial charge in [-0.25, -0.2) is 9.18 Å². The molecule has 0 aliphatic carbocycles. The Balaban J connectivity index is 1.83. The number of hydrogen-bond acceptors (Lipinski definition) is 6. The topological polar surface area (TPSA) is 143 Å². The lowest BCUT2D eigenvalue weighted by molar-refractivity contribution is -0.141. The van der Waals surface area contributed by atoms with Crippen LogP contribution in [0.1, 0.15) is 63.2 Å². The highest BCUT2D eigenvalue weighted by Crippen LogP contribution is 2.43. The average Bonchev–Trinajstić information content (AvgIpc) is 3.41. The van der Waals surface area contributed by atoms with Gasteiger partial charge in [-0.2, -0.15) is 8.78 Å². The summed E-state index contributed by atoms with van der Waals surface area (Å²) >= 11 is 0. The van der Waals surface area contributed by atoms with Crippen LogP contribution in [0, 0.1) is 11.7 Å². The highest BCUT2D eigenvalue weighted by Gasteiger charge is 2.46. The van der Waals surface area contributed by atoms with Crippen LogP contribution in [0.4, 0.5) is 18.0 Å². The van der Waals surface area contributed by atoms with E-state index in [0.717, 1.165) is 18.2 Å². The Morgan fingerprint density at radius 2 is 1.75 bits per heavy atom. The minimum absolute atomic E-state index is 0.0553. The molecule has 44 heavy (non-hydrogen) atoms. The van der Waals surface area contributed by atoms with E-state index in [1.165, 1.54) is 24.3 Å². The number of alkyl halides is 2. The predicted molar refractivity (Wildman–Crippen MR) is 154 cm³/mol. The lowest BCUT2D eigenvalue weighted by atomic mass is 9.95. The SMILES string of the molecule is CCCC[C@H](NC(=O)O[C@@H](c1ccccc1)C(F)(F)c1cccc(F)c1)C(=O)N[C@@H](C[C@@H]1CCNC1=O)C(=O)C(=O)NCC. The highest BCUT2D eigenvalue weighted by molar-refractivity contribution is 6.38. The Hall–Kier alpha value is -4.42. The first kappa shape index (κ1) is 34.1. The molecule has 0 aromatic heterocycles. The van der Waals surface area contributed by atoms with Gasteiger partial charge in [-0.05, 0) is 43.9 Å². The summed E-state index contributed by atoms with van der Waals surface area (Å²) in [7, 11) is 0. The van der Waals surface area contributed by atoms with Crippen molar-refractivity contribution in [3.8, 4) is 0 Å². The lowest BCUT2D eigenvalue weighted by Gasteiger charge is -2.29. The van der Waals surface area contributed by atoms with Crippen LogP contribution in [0.25, 0.3) is 0 Å². The van der Waals surface area contributed by atoms with E-state index >= 15 is 8.78 Å². The van der Waals surface area contributed by atoms with Crippen molar-refractivity contribution >= 4 is 29.6 Å². The number of hydrogen-bond donors (Lipinski definition) is 4. The molecule has 4 atom stereocenters. The van der Waals surface area contributed by atoms with Crippen molar-refractivity contribution in [2.45, 2.75) is 70.1 Å². The molecule has 4 N–H and O–H groups in total. The Labute approximate surface area is 253 Å². The predicted octanol–water partition coefficient (Wildman–Crippen LogP) is 3.66. The van der Waals surface area contributed by atoms with E-state index in [9.17, 15) is 28.4 Å². The smallest absolute Gasteiger partial charge is 0.408 e. The van der Waals surface area contributed by atoms with Crippen molar-refractivity contribution in [2.24, 2.45) is 5.92 Å². The quantitative estimate of drug-likeness (QED) is 0.225. The van der Waals surface area contributed by atoms with Crippen LogP contribution >= 0.6 is 0 Å². The standard InChI is InChI=1S/C31H37F3N4O6/c1-3-5-14-23(28(41)37-24(25(39)29(42)35-4-2)17-20-15-16-36-27(20)40)38-30(43)44-26(19-10-7-6-8-11-19)31(33,34)21-12-9-13-22(32)18-21/h6-13,18,20,23-24,26H,3-5,14-17H2,1-2H3,(H,35,42)(H,36,40)(H,37,41)(H,38,43)/t20-,23-,24-,26-/m0/s1. The largest absolute Gasteiger partial charge is 0.434 e. The maximum atomic E-state index is 15.7. The number of unbranched alkanes of at least 4 members (excludes halogenated alkanes) is 1. The number of carbonyl (C=O) groups is 5. The maximum Gasteiger partial charge on any atom is 0.408 e. The minimum atomic E-state index is -3.87. The molecule has 0 unspecified atom stereocenters. The van der Waals surface area contributed by atoms with Gasteiger partial charge in [0, 0.05) is 24.6 Å². The first-order valence-electron chi connectivity index (χ1n) is 14.5. The monoisotopic (exact) mass is 618 g/mol. The molecule has 3 rings (SSSR count). The van der Waals surface area contributed by atoms with Gasteiger partial charge in [0.15, 0.2) is 6.10 Å². The molecule has 0 radical (unpaired) electrons. The highest BCUT2D eigenvalue weighted by atomic mass is 19.3. The molecular formula is C31H37F3N4O6. The van der Waals surface area contributed by atoms with E-state index in [4.69, 9.17) is 4.74 Å². The van der Waals surface area contributed by atoms with Crippen LogP contribution in [-0.2, 0) is 29.8 Å². The fourth-order valence-electron chi connectivity index (χ4n) is 4.85. The zero-order chi connectivity index (χ0) is 32.3. The number of rotatable bonds is 15. The van der Waals surface area contributed by atoms with Crippen molar-refractivity contribution in [3.63, 3.8) is 0 Å². The molecule has 1 aliphatic rings. The van der Waals surface area contributed by atoms with Gasteiger partial charge in [-0.3, -0.25) is 19.2 Å². The van der Waals surface area contributed by atoms with Crippen LogP contribution in [0.5, 0.6) is 0 Å². The summed E-state index contributed by atoms with van der Waals surface area (Å²) in [4.78, 5) is 63.9. The fraction of sp³-hybridized carbons (Fsp3) is 0.452. The number of carbonyl (C=O) groups excluding carboxylic acids is 5. The summed E-state index contributed by atoms with van der Waals surface area (Å²) in [6.45, 7) is 3.98. The second-order valence-corrected chi connectivity index (χ2v) is 10.5. The summed E-state index contributed by atoms with van der Waals surface area (Å²) in [5.74, 6) is -8.47. The molecule has 0 spiro atoms. The van der Waals surface area contributed by atoms with Gasteiger partial charge in [-0.1, -0.05) is 62.2 Å². The minimum Gasteiger partial charge on any atom is -0.434 e. The first-order chi connectivity index (χ1) is 21.0. The van der Waals surface area contributed by atoms with E-state index in [2.05, 4.69) is 21.3 Å². The molecule has 13 heteroatoms. The van der Waals surface area contributed by atoms with Crippen molar-refractivity contribution in [1.82, 2.24) is 21.3 Å². The molecule has 2 aromatic carbocycles. The van der Waals surface area contributed by atoms with Gasteiger partial charge in [-0.15, -0.1) is 0 Å². The molecule has 2 aromatic rings. The number of amides is 4. The van der Waals surface area contributed by atoms with Crippen LogP contribution in [-0.4, -0.2) is 54.8 Å². The number of nitrogens with one attached hydrogen (secondary N) is 4. The number of likely N-dealkylation sites (N-methyl/N-ethyl adjacent to an activating group) is 1. The van der Waals surface area contributed by atoms with E-state index in [0.29, 0.717) is 31.9 Å². The van der Waals surface area contributed by atoms with Gasteiger partial charge in [0.25, 0.3) is 5.91 Å². The van der Waals surface area contributed by atoms with Crippen molar-refractivity contribution < 1.29 is 41.9 Å². The van der Waals surface area contributed by atoms with Gasteiger partial charge in [0.2, 0.25) is 17.6 Å². The maximum absolute atomic E-state index is 15.7. The zero-order valence-corrected chi connectivity index (χ0v) is 24.5. The van der Waals surface area contributed by atoms with E-state index in [1.807, 2.05) is 6.92 Å². The fourth-order valence-corrected chi connectivity index (χ4v) is 4.85. The van der Waals surface area contributed by atoms with Crippen molar-refractivity contribution in [2.75, 3.05) is 13.1 Å². The summed E-state index contributed by atoms with van der Waals surface area (Å²) in [6, 6.07) is 8.23. The van der Waals surface area contributed by atoms with E-state index in [-0.39, 0.29) is 30.9 Å². The second-order valence-electron chi connectivity index (χ2n) is 10.5. The molecule has 1 fully saturated rings. The average molecular weight is 619 g/mol. The third-order valence-electron chi connectivity index (χ3n) is 7.20. The molecule has 1 heterocycles. The molecule has 0 saturated carbocycles. The second kappa shape index (κ2) is 15.9. The molecule has 1 saturated heterocycles. The van der Waals surface area contributed by atoms with Crippen LogP contribution in [0.15, 0.2) is 54.6 Å². The van der Waals surface area contributed by atoms with Crippen LogP contribution in [0.2, 0.25) is 0 Å². The van der Waals surface area contributed by atoms with Gasteiger partial charge in [0.1, 0.15) is 11.9 Å². The Morgan fingerprint density at radius 3 is 2.36 bits per heavy atom. The van der Waals surface area contributed by atoms with Gasteiger partial charge < -0.3 is 26.0 Å². The van der Waals surface area contributed by atoms with Gasteiger partial charge in [0.05, 0.1) is 6.04 Å². The number of halogens is 3. The number of ether oxygens (including phenoxy) is 1. The van der Waals surface area contributed by atoms with Crippen molar-refractivity contribution in [1.29, 1.82) is 0 Å². The number of alkyl carbamates (subject to hydrolysis) is 1. The number of ketones is 1. The molecular weight excluding hydrogens is 581 g/mol.